The third-order valence-electron chi connectivity index (χ3n) is 4.35. The number of nitrogens with two attached hydrogens (primary N) is 1. The highest BCUT2D eigenvalue weighted by Gasteiger charge is 2.28. The molecule has 2 rings (SSSR count). The van der Waals surface area contributed by atoms with Crippen LogP contribution in [0.2, 0.25) is 0 Å². The van der Waals surface area contributed by atoms with Crippen LogP contribution in [0, 0.1) is 11.8 Å². The number of piperidine rings is 1. The van der Waals surface area contributed by atoms with Crippen molar-refractivity contribution >= 4 is 5.69 Å². The van der Waals surface area contributed by atoms with Crippen LogP contribution in [0.15, 0.2) is 23.1 Å². The van der Waals surface area contributed by atoms with Crippen molar-refractivity contribution in [3.05, 3.63) is 28.7 Å². The maximum atomic E-state index is 11.7. The molecule has 3 atom stereocenters. The smallest absolute Gasteiger partial charge is 0.250 e. The number of hydrogen-bond acceptors (Lipinski definition) is 3. The van der Waals surface area contributed by atoms with Crippen molar-refractivity contribution in [1.82, 2.24) is 9.47 Å². The summed E-state index contributed by atoms with van der Waals surface area (Å²) in [6.45, 7) is 9.68. The van der Waals surface area contributed by atoms with Crippen molar-refractivity contribution < 1.29 is 0 Å². The topological polar surface area (TPSA) is 51.3 Å². The normalized spacial score (nSPS) is 28.5. The van der Waals surface area contributed by atoms with Gasteiger partial charge in [0.2, 0.25) is 0 Å². The van der Waals surface area contributed by atoms with Gasteiger partial charge in [0.05, 0.1) is 0 Å². The molecule has 0 aromatic carbocycles. The van der Waals surface area contributed by atoms with Crippen LogP contribution in [0.1, 0.15) is 27.2 Å². The molecule has 1 aromatic heterocycles. The average molecular weight is 263 g/mol. The third kappa shape index (κ3) is 3.38. The molecular weight excluding hydrogens is 238 g/mol. The highest BCUT2D eigenvalue weighted by atomic mass is 16.1. The van der Waals surface area contributed by atoms with Gasteiger partial charge in [0, 0.05) is 43.6 Å². The Kier molecular flexibility index (Phi) is 4.30. The molecule has 0 aliphatic carbocycles. The van der Waals surface area contributed by atoms with E-state index in [1.807, 2.05) is 0 Å². The summed E-state index contributed by atoms with van der Waals surface area (Å²) in [4.78, 5) is 14.2. The number of nitrogens with zero attached hydrogens (tertiary/aromatic N) is 2. The van der Waals surface area contributed by atoms with Gasteiger partial charge in [0.15, 0.2) is 0 Å². The van der Waals surface area contributed by atoms with Gasteiger partial charge >= 0.3 is 0 Å². The molecule has 0 spiro atoms. The molecule has 2 heterocycles. The standard InChI is InChI=1S/C15H25N3O/c1-11-8-12(2)13(3)17(9-11)6-7-18-10-14(16)4-5-15(18)19/h4-5,10-13H,6-9,16H2,1-3H3. The molecule has 1 saturated heterocycles. The van der Waals surface area contributed by atoms with Gasteiger partial charge in [-0.3, -0.25) is 9.69 Å². The first-order valence-corrected chi connectivity index (χ1v) is 7.17. The van der Waals surface area contributed by atoms with Gasteiger partial charge in [0.1, 0.15) is 0 Å². The van der Waals surface area contributed by atoms with E-state index in [2.05, 4.69) is 25.7 Å². The Morgan fingerprint density at radius 3 is 2.74 bits per heavy atom. The monoisotopic (exact) mass is 263 g/mol. The molecular formula is C15H25N3O. The molecule has 1 aromatic rings. The second-order valence-electron chi connectivity index (χ2n) is 6.05. The summed E-state index contributed by atoms with van der Waals surface area (Å²) >= 11 is 0. The van der Waals surface area contributed by atoms with E-state index < -0.39 is 0 Å². The molecule has 4 heteroatoms. The van der Waals surface area contributed by atoms with E-state index in [0.29, 0.717) is 18.3 Å². The minimum absolute atomic E-state index is 0.0277. The zero-order chi connectivity index (χ0) is 14.0. The number of anilines is 1. The minimum atomic E-state index is 0.0277. The quantitative estimate of drug-likeness (QED) is 0.904. The highest BCUT2D eigenvalue weighted by Crippen LogP contribution is 2.26. The average Bonchev–Trinajstić information content (AvgIpc) is 2.35. The van der Waals surface area contributed by atoms with Crippen molar-refractivity contribution in [2.24, 2.45) is 11.8 Å². The number of aromatic nitrogens is 1. The maximum Gasteiger partial charge on any atom is 0.250 e. The first kappa shape index (κ1) is 14.1. The Morgan fingerprint density at radius 2 is 2.00 bits per heavy atom. The van der Waals surface area contributed by atoms with Crippen LogP contribution in [0.3, 0.4) is 0 Å². The Balaban J connectivity index is 2.01. The first-order valence-electron chi connectivity index (χ1n) is 7.17. The molecule has 0 saturated carbocycles. The van der Waals surface area contributed by atoms with E-state index in [9.17, 15) is 4.79 Å². The van der Waals surface area contributed by atoms with Crippen LogP contribution < -0.4 is 11.3 Å². The van der Waals surface area contributed by atoms with Crippen molar-refractivity contribution in [2.45, 2.75) is 39.8 Å². The number of hydrogen-bond donors (Lipinski definition) is 1. The lowest BCUT2D eigenvalue weighted by molar-refractivity contribution is 0.0762. The summed E-state index contributed by atoms with van der Waals surface area (Å²) in [7, 11) is 0. The summed E-state index contributed by atoms with van der Waals surface area (Å²) in [6.07, 6.45) is 3.04. The Labute approximate surface area is 115 Å². The maximum absolute atomic E-state index is 11.7. The third-order valence-corrected chi connectivity index (χ3v) is 4.35. The molecule has 1 aliphatic rings. The van der Waals surface area contributed by atoms with Gasteiger partial charge < -0.3 is 10.3 Å². The van der Waals surface area contributed by atoms with Gasteiger partial charge in [0.25, 0.3) is 5.56 Å². The molecule has 1 fully saturated rings. The summed E-state index contributed by atoms with van der Waals surface area (Å²) < 4.78 is 1.71. The SMILES string of the molecule is CC1CC(C)C(C)N(CCn2cc(N)ccc2=O)C1. The van der Waals surface area contributed by atoms with Crippen molar-refractivity contribution in [3.63, 3.8) is 0 Å². The molecule has 2 N–H and O–H groups in total. The van der Waals surface area contributed by atoms with Crippen LogP contribution in [0.4, 0.5) is 5.69 Å². The van der Waals surface area contributed by atoms with E-state index in [4.69, 9.17) is 5.73 Å². The van der Waals surface area contributed by atoms with Crippen LogP contribution >= 0.6 is 0 Å². The molecule has 0 bridgehead atoms. The Hall–Kier alpha value is -1.29. The van der Waals surface area contributed by atoms with Gasteiger partial charge in [-0.1, -0.05) is 13.8 Å². The lowest BCUT2D eigenvalue weighted by Gasteiger charge is -2.41. The number of nitrogen functional groups attached to an aromatic ring is 1. The van der Waals surface area contributed by atoms with Crippen LogP contribution in [0.25, 0.3) is 0 Å². The zero-order valence-corrected chi connectivity index (χ0v) is 12.2. The summed E-state index contributed by atoms with van der Waals surface area (Å²) in [5.74, 6) is 1.46. The van der Waals surface area contributed by atoms with Crippen LogP contribution in [0.5, 0.6) is 0 Å². The second-order valence-corrected chi connectivity index (χ2v) is 6.05. The summed E-state index contributed by atoms with van der Waals surface area (Å²) in [5.41, 5.74) is 6.41. The fraction of sp³-hybridized carbons (Fsp3) is 0.667. The second kappa shape index (κ2) is 5.78. The zero-order valence-electron chi connectivity index (χ0n) is 12.2. The van der Waals surface area contributed by atoms with E-state index in [1.165, 1.54) is 6.42 Å². The summed E-state index contributed by atoms with van der Waals surface area (Å²) in [5, 5.41) is 0. The molecule has 4 nitrogen and oxygen atoms in total. The van der Waals surface area contributed by atoms with Gasteiger partial charge in [-0.05, 0) is 31.2 Å². The molecule has 106 valence electrons. The van der Waals surface area contributed by atoms with Crippen molar-refractivity contribution in [2.75, 3.05) is 18.8 Å². The van der Waals surface area contributed by atoms with Crippen LogP contribution in [-0.2, 0) is 6.54 Å². The molecule has 19 heavy (non-hydrogen) atoms. The Morgan fingerprint density at radius 1 is 1.26 bits per heavy atom. The van der Waals surface area contributed by atoms with E-state index in [-0.39, 0.29) is 5.56 Å². The largest absolute Gasteiger partial charge is 0.398 e. The van der Waals surface area contributed by atoms with Gasteiger partial charge in [-0.15, -0.1) is 0 Å². The molecule has 0 radical (unpaired) electrons. The van der Waals surface area contributed by atoms with E-state index in [1.54, 1.807) is 22.9 Å². The fourth-order valence-electron chi connectivity index (χ4n) is 3.09. The van der Waals surface area contributed by atoms with Crippen molar-refractivity contribution in [3.8, 4) is 0 Å². The molecule has 3 unspecified atom stereocenters. The fourth-order valence-corrected chi connectivity index (χ4v) is 3.09. The van der Waals surface area contributed by atoms with Crippen LogP contribution in [-0.4, -0.2) is 28.6 Å². The van der Waals surface area contributed by atoms with E-state index in [0.717, 1.165) is 24.9 Å². The van der Waals surface area contributed by atoms with Gasteiger partial charge in [-0.2, -0.15) is 0 Å². The van der Waals surface area contributed by atoms with Gasteiger partial charge in [-0.25, -0.2) is 0 Å². The number of likely N-dealkylation sites (tertiary alicyclic amines) is 1. The first-order chi connectivity index (χ1) is 8.97. The Bertz CT molecular complexity index is 483. The lowest BCUT2D eigenvalue weighted by Crippen LogP contribution is -2.47. The van der Waals surface area contributed by atoms with E-state index >= 15 is 0 Å². The number of pyridine rings is 1. The minimum Gasteiger partial charge on any atom is -0.398 e. The highest BCUT2D eigenvalue weighted by molar-refractivity contribution is 5.33. The molecule has 0 amide bonds. The number of rotatable bonds is 3. The predicted octanol–water partition coefficient (Wildman–Crippen LogP) is 1.80. The predicted molar refractivity (Wildman–Crippen MR) is 79.1 cm³/mol. The lowest BCUT2D eigenvalue weighted by atomic mass is 9.86. The summed E-state index contributed by atoms with van der Waals surface area (Å²) in [6, 6.07) is 3.79. The van der Waals surface area contributed by atoms with Crippen molar-refractivity contribution in [1.29, 1.82) is 0 Å². The molecule has 1 aliphatic heterocycles.